The highest BCUT2D eigenvalue weighted by Crippen LogP contribution is 2.26. The summed E-state index contributed by atoms with van der Waals surface area (Å²) in [7, 11) is 4.06. The minimum absolute atomic E-state index is 0.0727. The van der Waals surface area contributed by atoms with Crippen LogP contribution in [-0.4, -0.2) is 38.1 Å². The quantitative estimate of drug-likeness (QED) is 0.868. The van der Waals surface area contributed by atoms with Crippen molar-refractivity contribution in [3.05, 3.63) is 70.8 Å². The Kier molecular flexibility index (Phi) is 5.74. The number of ether oxygens (including phenoxy) is 1. The molecule has 0 fully saturated rings. The van der Waals surface area contributed by atoms with Gasteiger partial charge < -0.3 is 15.0 Å². The summed E-state index contributed by atoms with van der Waals surface area (Å²) in [6.45, 7) is 3.01. The zero-order chi connectivity index (χ0) is 18.5. The van der Waals surface area contributed by atoms with Crippen LogP contribution in [0.3, 0.4) is 0 Å². The van der Waals surface area contributed by atoms with Crippen LogP contribution in [0.5, 0.6) is 5.75 Å². The molecular weight excluding hydrogens is 324 g/mol. The van der Waals surface area contributed by atoms with E-state index in [1.807, 2.05) is 44.4 Å². The predicted octanol–water partition coefficient (Wildman–Crippen LogP) is 3.44. The van der Waals surface area contributed by atoms with Crippen molar-refractivity contribution in [3.63, 3.8) is 0 Å². The number of fused-ring (bicyclic) bond motifs is 1. The molecule has 0 saturated carbocycles. The SMILES string of the molecule is CCc1ccc([C@@H](CNC(=O)C2=Cc3ccccc3OC2)N(C)C)cc1. The van der Waals surface area contributed by atoms with Gasteiger partial charge in [0.15, 0.2) is 0 Å². The lowest BCUT2D eigenvalue weighted by Gasteiger charge is -2.26. The lowest BCUT2D eigenvalue weighted by molar-refractivity contribution is -0.118. The molecule has 2 aromatic carbocycles. The van der Waals surface area contributed by atoms with E-state index < -0.39 is 0 Å². The summed E-state index contributed by atoms with van der Waals surface area (Å²) < 4.78 is 5.68. The standard InChI is InChI=1S/C22H26N2O2/c1-4-16-9-11-17(12-10-16)20(24(2)3)14-23-22(25)19-13-18-7-5-6-8-21(18)26-15-19/h5-13,20H,4,14-15H2,1-3H3,(H,23,25)/t20-/m1/s1. The fraction of sp³-hybridized carbons (Fsp3) is 0.318. The molecule has 1 atom stereocenters. The van der Waals surface area contributed by atoms with Crippen molar-refractivity contribution >= 4 is 12.0 Å². The number of likely N-dealkylation sites (N-methyl/N-ethyl adjacent to an activating group) is 1. The van der Waals surface area contributed by atoms with Crippen molar-refractivity contribution in [1.82, 2.24) is 10.2 Å². The highest BCUT2D eigenvalue weighted by molar-refractivity contribution is 5.99. The van der Waals surface area contributed by atoms with E-state index >= 15 is 0 Å². The van der Waals surface area contributed by atoms with Gasteiger partial charge in [-0.05, 0) is 43.8 Å². The van der Waals surface area contributed by atoms with Crippen LogP contribution in [0, 0.1) is 0 Å². The molecule has 136 valence electrons. The van der Waals surface area contributed by atoms with Crippen molar-refractivity contribution in [2.75, 3.05) is 27.2 Å². The van der Waals surface area contributed by atoms with E-state index in [4.69, 9.17) is 4.74 Å². The van der Waals surface area contributed by atoms with E-state index in [2.05, 4.69) is 41.4 Å². The fourth-order valence-electron chi connectivity index (χ4n) is 3.12. The van der Waals surface area contributed by atoms with E-state index in [1.54, 1.807) is 0 Å². The topological polar surface area (TPSA) is 41.6 Å². The van der Waals surface area contributed by atoms with Gasteiger partial charge in [-0.2, -0.15) is 0 Å². The van der Waals surface area contributed by atoms with Crippen molar-refractivity contribution in [2.45, 2.75) is 19.4 Å². The normalized spacial score (nSPS) is 14.2. The van der Waals surface area contributed by atoms with Gasteiger partial charge in [-0.1, -0.05) is 49.4 Å². The van der Waals surface area contributed by atoms with E-state index in [0.29, 0.717) is 18.7 Å². The van der Waals surface area contributed by atoms with Gasteiger partial charge >= 0.3 is 0 Å². The zero-order valence-corrected chi connectivity index (χ0v) is 15.7. The maximum absolute atomic E-state index is 12.6. The molecule has 0 aliphatic carbocycles. The van der Waals surface area contributed by atoms with Crippen LogP contribution in [-0.2, 0) is 11.2 Å². The number of hydrogen-bond donors (Lipinski definition) is 1. The third-order valence-electron chi connectivity index (χ3n) is 4.78. The van der Waals surface area contributed by atoms with E-state index in [1.165, 1.54) is 11.1 Å². The summed E-state index contributed by atoms with van der Waals surface area (Å²) in [6, 6.07) is 16.5. The molecule has 1 N–H and O–H groups in total. The van der Waals surface area contributed by atoms with Gasteiger partial charge in [-0.15, -0.1) is 0 Å². The second-order valence-electron chi connectivity index (χ2n) is 6.78. The Bertz CT molecular complexity index is 794. The molecule has 0 bridgehead atoms. The maximum Gasteiger partial charge on any atom is 0.250 e. The molecule has 0 aromatic heterocycles. The first-order chi connectivity index (χ1) is 12.6. The highest BCUT2D eigenvalue weighted by atomic mass is 16.5. The van der Waals surface area contributed by atoms with Gasteiger partial charge in [0, 0.05) is 12.1 Å². The van der Waals surface area contributed by atoms with Gasteiger partial charge in [-0.25, -0.2) is 0 Å². The molecule has 1 amide bonds. The Hall–Kier alpha value is -2.59. The molecule has 0 saturated heterocycles. The minimum Gasteiger partial charge on any atom is -0.488 e. The van der Waals surface area contributed by atoms with Crippen LogP contribution >= 0.6 is 0 Å². The Morgan fingerprint density at radius 3 is 2.58 bits per heavy atom. The smallest absolute Gasteiger partial charge is 0.250 e. The largest absolute Gasteiger partial charge is 0.488 e. The Morgan fingerprint density at radius 1 is 1.15 bits per heavy atom. The first kappa shape index (κ1) is 18.2. The van der Waals surface area contributed by atoms with Crippen LogP contribution in [0.1, 0.15) is 29.7 Å². The van der Waals surface area contributed by atoms with Gasteiger partial charge in [0.1, 0.15) is 12.4 Å². The summed E-state index contributed by atoms with van der Waals surface area (Å²) >= 11 is 0. The molecule has 1 aliphatic rings. The van der Waals surface area contributed by atoms with Crippen LogP contribution in [0.4, 0.5) is 0 Å². The monoisotopic (exact) mass is 350 g/mol. The number of nitrogens with zero attached hydrogens (tertiary/aromatic N) is 1. The first-order valence-corrected chi connectivity index (χ1v) is 9.04. The summed E-state index contributed by atoms with van der Waals surface area (Å²) in [5.74, 6) is 0.753. The average Bonchev–Trinajstić information content (AvgIpc) is 2.67. The third-order valence-corrected chi connectivity index (χ3v) is 4.78. The zero-order valence-electron chi connectivity index (χ0n) is 15.7. The van der Waals surface area contributed by atoms with Gasteiger partial charge in [0.25, 0.3) is 5.91 Å². The number of hydrogen-bond acceptors (Lipinski definition) is 3. The molecule has 0 radical (unpaired) electrons. The Morgan fingerprint density at radius 2 is 1.88 bits per heavy atom. The molecule has 3 rings (SSSR count). The van der Waals surface area contributed by atoms with Gasteiger partial charge in [0.2, 0.25) is 0 Å². The number of nitrogens with one attached hydrogen (secondary N) is 1. The first-order valence-electron chi connectivity index (χ1n) is 9.04. The lowest BCUT2D eigenvalue weighted by atomic mass is 10.0. The number of benzene rings is 2. The Labute approximate surface area is 155 Å². The lowest BCUT2D eigenvalue weighted by Crippen LogP contribution is -2.36. The van der Waals surface area contributed by atoms with E-state index in [-0.39, 0.29) is 11.9 Å². The molecule has 2 aromatic rings. The molecule has 0 spiro atoms. The average molecular weight is 350 g/mol. The summed E-state index contributed by atoms with van der Waals surface area (Å²) in [5.41, 5.74) is 4.12. The van der Waals surface area contributed by atoms with Crippen LogP contribution in [0.15, 0.2) is 54.1 Å². The van der Waals surface area contributed by atoms with E-state index in [9.17, 15) is 4.79 Å². The second kappa shape index (κ2) is 8.19. The molecular formula is C22H26N2O2. The summed E-state index contributed by atoms with van der Waals surface area (Å²) in [6.07, 6.45) is 2.94. The molecule has 4 heteroatoms. The number of aryl methyl sites for hydroxylation is 1. The highest BCUT2D eigenvalue weighted by Gasteiger charge is 2.19. The number of carbonyl (C=O) groups excluding carboxylic acids is 1. The fourth-order valence-corrected chi connectivity index (χ4v) is 3.12. The van der Waals surface area contributed by atoms with Crippen LogP contribution in [0.2, 0.25) is 0 Å². The number of rotatable bonds is 6. The van der Waals surface area contributed by atoms with Crippen molar-refractivity contribution < 1.29 is 9.53 Å². The number of carbonyl (C=O) groups is 1. The molecule has 0 unspecified atom stereocenters. The van der Waals surface area contributed by atoms with Gasteiger partial charge in [0.05, 0.1) is 11.6 Å². The maximum atomic E-state index is 12.6. The minimum atomic E-state index is -0.0727. The van der Waals surface area contributed by atoms with E-state index in [0.717, 1.165) is 17.7 Å². The Balaban J connectivity index is 1.67. The summed E-state index contributed by atoms with van der Waals surface area (Å²) in [4.78, 5) is 14.7. The second-order valence-corrected chi connectivity index (χ2v) is 6.78. The molecule has 1 aliphatic heterocycles. The van der Waals surface area contributed by atoms with Crippen LogP contribution < -0.4 is 10.1 Å². The molecule has 4 nitrogen and oxygen atoms in total. The van der Waals surface area contributed by atoms with Crippen molar-refractivity contribution in [3.8, 4) is 5.75 Å². The van der Waals surface area contributed by atoms with Gasteiger partial charge in [-0.3, -0.25) is 4.79 Å². The molecule has 1 heterocycles. The molecule has 26 heavy (non-hydrogen) atoms. The third kappa shape index (κ3) is 4.14. The number of para-hydroxylation sites is 1. The van der Waals surface area contributed by atoms with Crippen LogP contribution in [0.25, 0.3) is 6.08 Å². The number of amides is 1. The van der Waals surface area contributed by atoms with Crippen molar-refractivity contribution in [1.29, 1.82) is 0 Å². The predicted molar refractivity (Wildman–Crippen MR) is 105 cm³/mol. The summed E-state index contributed by atoms with van der Waals surface area (Å²) in [5, 5.41) is 3.06. The van der Waals surface area contributed by atoms with Crippen molar-refractivity contribution in [2.24, 2.45) is 0 Å².